The molecule has 0 amide bonds. The molecule has 1 atom stereocenters. The molecular weight excluding hydrogens is 308 g/mol. The SMILES string of the molecule is OC[C@@H]1CCN(c2ccc(I)cc2F)C1. The van der Waals surface area contributed by atoms with Crippen LogP contribution in [0.1, 0.15) is 6.42 Å². The summed E-state index contributed by atoms with van der Waals surface area (Å²) in [4.78, 5) is 2.01. The van der Waals surface area contributed by atoms with Crippen LogP contribution in [0.2, 0.25) is 0 Å². The summed E-state index contributed by atoms with van der Waals surface area (Å²) in [6.07, 6.45) is 0.946. The second-order valence-electron chi connectivity index (χ2n) is 3.88. The van der Waals surface area contributed by atoms with Crippen LogP contribution in [0.5, 0.6) is 0 Å². The summed E-state index contributed by atoms with van der Waals surface area (Å²) in [5.74, 6) is 0.129. The molecule has 82 valence electrons. The molecule has 0 unspecified atom stereocenters. The van der Waals surface area contributed by atoms with Gasteiger partial charge in [0.25, 0.3) is 0 Å². The van der Waals surface area contributed by atoms with Gasteiger partial charge in [-0.1, -0.05) is 0 Å². The number of hydrogen-bond acceptors (Lipinski definition) is 2. The van der Waals surface area contributed by atoms with E-state index in [1.165, 1.54) is 0 Å². The summed E-state index contributed by atoms with van der Waals surface area (Å²) < 4.78 is 14.5. The molecule has 0 spiro atoms. The van der Waals surface area contributed by atoms with Crippen LogP contribution in [0, 0.1) is 15.3 Å². The van der Waals surface area contributed by atoms with E-state index >= 15 is 0 Å². The Hall–Kier alpha value is -0.360. The van der Waals surface area contributed by atoms with Gasteiger partial charge in [0.1, 0.15) is 5.82 Å². The van der Waals surface area contributed by atoms with Gasteiger partial charge in [-0.25, -0.2) is 4.39 Å². The van der Waals surface area contributed by atoms with Crippen LogP contribution >= 0.6 is 22.6 Å². The summed E-state index contributed by atoms with van der Waals surface area (Å²) in [5.41, 5.74) is 0.659. The fourth-order valence-corrected chi connectivity index (χ4v) is 2.39. The van der Waals surface area contributed by atoms with E-state index in [1.54, 1.807) is 6.07 Å². The van der Waals surface area contributed by atoms with Crippen molar-refractivity contribution >= 4 is 28.3 Å². The van der Waals surface area contributed by atoms with Crippen LogP contribution in [0.15, 0.2) is 18.2 Å². The molecule has 1 aliphatic heterocycles. The largest absolute Gasteiger partial charge is 0.396 e. The number of rotatable bonds is 2. The lowest BCUT2D eigenvalue weighted by Gasteiger charge is -2.19. The quantitative estimate of drug-likeness (QED) is 0.845. The molecule has 1 aromatic rings. The Labute approximate surface area is 102 Å². The number of halogens is 2. The van der Waals surface area contributed by atoms with Crippen molar-refractivity contribution in [2.75, 3.05) is 24.6 Å². The predicted molar refractivity (Wildman–Crippen MR) is 66.5 cm³/mol. The fraction of sp³-hybridized carbons (Fsp3) is 0.455. The van der Waals surface area contributed by atoms with E-state index in [1.807, 2.05) is 17.0 Å². The molecule has 4 heteroatoms. The first-order valence-corrected chi connectivity index (χ1v) is 6.09. The van der Waals surface area contributed by atoms with Crippen molar-refractivity contribution in [1.82, 2.24) is 0 Å². The second kappa shape index (κ2) is 4.65. The molecule has 0 bridgehead atoms. The van der Waals surface area contributed by atoms with Crippen molar-refractivity contribution < 1.29 is 9.50 Å². The highest BCUT2D eigenvalue weighted by Gasteiger charge is 2.23. The Morgan fingerprint density at radius 2 is 2.33 bits per heavy atom. The van der Waals surface area contributed by atoms with Crippen LogP contribution in [-0.2, 0) is 0 Å². The zero-order chi connectivity index (χ0) is 10.8. The summed E-state index contributed by atoms with van der Waals surface area (Å²) in [6, 6.07) is 5.27. The van der Waals surface area contributed by atoms with Crippen LogP contribution < -0.4 is 4.90 Å². The van der Waals surface area contributed by atoms with E-state index in [0.29, 0.717) is 11.6 Å². The van der Waals surface area contributed by atoms with Crippen LogP contribution in [0.25, 0.3) is 0 Å². The van der Waals surface area contributed by atoms with Crippen LogP contribution in [0.3, 0.4) is 0 Å². The molecule has 0 aliphatic carbocycles. The molecule has 1 aromatic carbocycles. The highest BCUT2D eigenvalue weighted by molar-refractivity contribution is 14.1. The first-order chi connectivity index (χ1) is 7.20. The maximum absolute atomic E-state index is 13.6. The normalized spacial score (nSPS) is 21.0. The van der Waals surface area contributed by atoms with Crippen molar-refractivity contribution in [1.29, 1.82) is 0 Å². The minimum absolute atomic E-state index is 0.166. The van der Waals surface area contributed by atoms with Gasteiger partial charge in [0.05, 0.1) is 5.69 Å². The molecule has 1 saturated heterocycles. The minimum atomic E-state index is -0.166. The Morgan fingerprint density at radius 3 is 2.93 bits per heavy atom. The molecule has 1 N–H and O–H groups in total. The molecule has 1 fully saturated rings. The van der Waals surface area contributed by atoms with E-state index < -0.39 is 0 Å². The molecule has 1 heterocycles. The number of benzene rings is 1. The third kappa shape index (κ3) is 2.42. The van der Waals surface area contributed by atoms with Gasteiger partial charge >= 0.3 is 0 Å². The van der Waals surface area contributed by atoms with Crippen molar-refractivity contribution in [3.8, 4) is 0 Å². The van der Waals surface area contributed by atoms with E-state index in [0.717, 1.165) is 23.1 Å². The highest BCUT2D eigenvalue weighted by Crippen LogP contribution is 2.27. The third-order valence-corrected chi connectivity index (χ3v) is 3.47. The van der Waals surface area contributed by atoms with Gasteiger partial charge in [0, 0.05) is 29.2 Å². The van der Waals surface area contributed by atoms with Gasteiger partial charge in [-0.05, 0) is 47.2 Å². The van der Waals surface area contributed by atoms with Gasteiger partial charge < -0.3 is 10.0 Å². The average Bonchev–Trinajstić information content (AvgIpc) is 2.66. The summed E-state index contributed by atoms with van der Waals surface area (Å²) >= 11 is 2.10. The summed E-state index contributed by atoms with van der Waals surface area (Å²) in [6.45, 7) is 1.79. The lowest BCUT2D eigenvalue weighted by Crippen LogP contribution is -2.21. The van der Waals surface area contributed by atoms with Gasteiger partial charge in [0.15, 0.2) is 0 Å². The van der Waals surface area contributed by atoms with Crippen molar-refractivity contribution in [3.05, 3.63) is 27.6 Å². The number of anilines is 1. The highest BCUT2D eigenvalue weighted by atomic mass is 127. The monoisotopic (exact) mass is 321 g/mol. The fourth-order valence-electron chi connectivity index (χ4n) is 1.94. The smallest absolute Gasteiger partial charge is 0.147 e. The third-order valence-electron chi connectivity index (χ3n) is 2.79. The number of hydrogen-bond donors (Lipinski definition) is 1. The maximum atomic E-state index is 13.6. The molecule has 0 radical (unpaired) electrons. The number of nitrogens with zero attached hydrogens (tertiary/aromatic N) is 1. The first kappa shape index (κ1) is 11.1. The van der Waals surface area contributed by atoms with Crippen molar-refractivity contribution in [2.24, 2.45) is 5.92 Å². The lowest BCUT2D eigenvalue weighted by atomic mass is 10.1. The lowest BCUT2D eigenvalue weighted by molar-refractivity contribution is 0.238. The van der Waals surface area contributed by atoms with Gasteiger partial charge in [0.2, 0.25) is 0 Å². The molecule has 2 nitrogen and oxygen atoms in total. The average molecular weight is 321 g/mol. The molecular formula is C11H13FINO. The van der Waals surface area contributed by atoms with Gasteiger partial charge in [-0.3, -0.25) is 0 Å². The second-order valence-corrected chi connectivity index (χ2v) is 5.12. The molecule has 15 heavy (non-hydrogen) atoms. The van der Waals surface area contributed by atoms with Gasteiger partial charge in [-0.2, -0.15) is 0 Å². The van der Waals surface area contributed by atoms with Crippen LogP contribution in [-0.4, -0.2) is 24.8 Å². The Bertz CT molecular complexity index is 358. The zero-order valence-electron chi connectivity index (χ0n) is 8.29. The Morgan fingerprint density at radius 1 is 1.53 bits per heavy atom. The molecule has 0 aromatic heterocycles. The Balaban J connectivity index is 2.17. The predicted octanol–water partition coefficient (Wildman–Crippen LogP) is 2.25. The topological polar surface area (TPSA) is 23.5 Å². The maximum Gasteiger partial charge on any atom is 0.147 e. The number of aliphatic hydroxyl groups is 1. The van der Waals surface area contributed by atoms with E-state index in [-0.39, 0.29) is 12.4 Å². The number of aliphatic hydroxyl groups excluding tert-OH is 1. The van der Waals surface area contributed by atoms with E-state index in [4.69, 9.17) is 5.11 Å². The molecule has 0 saturated carbocycles. The van der Waals surface area contributed by atoms with E-state index in [2.05, 4.69) is 22.6 Å². The first-order valence-electron chi connectivity index (χ1n) is 5.01. The van der Waals surface area contributed by atoms with Crippen molar-refractivity contribution in [3.63, 3.8) is 0 Å². The standard InChI is InChI=1S/C11H13FINO/c12-10-5-9(13)1-2-11(10)14-4-3-8(6-14)7-15/h1-2,5,8,15H,3-4,6-7H2/t8-/m1/s1. The minimum Gasteiger partial charge on any atom is -0.396 e. The summed E-state index contributed by atoms with van der Waals surface area (Å²) in [5, 5.41) is 9.02. The summed E-state index contributed by atoms with van der Waals surface area (Å²) in [7, 11) is 0. The molecule has 1 aliphatic rings. The van der Waals surface area contributed by atoms with Crippen LogP contribution in [0.4, 0.5) is 10.1 Å². The van der Waals surface area contributed by atoms with E-state index in [9.17, 15) is 4.39 Å². The Kier molecular flexibility index (Phi) is 3.45. The molecule has 2 rings (SSSR count). The van der Waals surface area contributed by atoms with Crippen molar-refractivity contribution in [2.45, 2.75) is 6.42 Å². The zero-order valence-corrected chi connectivity index (χ0v) is 10.4. The van der Waals surface area contributed by atoms with Gasteiger partial charge in [-0.15, -0.1) is 0 Å².